The van der Waals surface area contributed by atoms with Gasteiger partial charge in [-0.2, -0.15) is 0 Å². The fourth-order valence-corrected chi connectivity index (χ4v) is 4.94. The summed E-state index contributed by atoms with van der Waals surface area (Å²) in [7, 11) is 0. The molecule has 6 nitrogen and oxygen atoms in total. The van der Waals surface area contributed by atoms with Crippen LogP contribution < -0.4 is 11.0 Å². The number of halogens is 1. The van der Waals surface area contributed by atoms with Crippen LogP contribution >= 0.6 is 22.9 Å². The number of rotatable bonds is 3. The molecular formula is C17H14ClN5OS. The van der Waals surface area contributed by atoms with Crippen LogP contribution in [0, 0.1) is 5.92 Å². The van der Waals surface area contributed by atoms with Crippen LogP contribution in [0.4, 0.5) is 5.82 Å². The molecule has 3 aromatic rings. The predicted octanol–water partition coefficient (Wildman–Crippen LogP) is 2.86. The van der Waals surface area contributed by atoms with Crippen molar-refractivity contribution in [3.8, 4) is 5.13 Å². The molecule has 2 aliphatic rings. The lowest BCUT2D eigenvalue weighted by Crippen LogP contribution is -2.33. The standard InChI is InChI=1S/C17H14ClN5OS/c18-11-4-6-19-14-13(11)17(9-21-14,10-2-3-10)12-8-25-16(22-12)23-7-1-5-20-15(23)24/h1,4-8,10H,2-3,9H2,(H,19,21). The molecule has 1 saturated carbocycles. The third-order valence-electron chi connectivity index (χ3n) is 5.02. The second kappa shape index (κ2) is 5.37. The molecule has 1 unspecified atom stereocenters. The van der Waals surface area contributed by atoms with Gasteiger partial charge in [-0.1, -0.05) is 11.6 Å². The van der Waals surface area contributed by atoms with Crippen LogP contribution in [0.1, 0.15) is 24.1 Å². The van der Waals surface area contributed by atoms with Gasteiger partial charge in [0.1, 0.15) is 5.82 Å². The van der Waals surface area contributed by atoms with E-state index in [0.717, 1.165) is 41.5 Å². The lowest BCUT2D eigenvalue weighted by Gasteiger charge is -2.28. The second-order valence-corrected chi connectivity index (χ2v) is 7.65. The van der Waals surface area contributed by atoms with Crippen LogP contribution in [-0.4, -0.2) is 26.1 Å². The third kappa shape index (κ3) is 2.15. The van der Waals surface area contributed by atoms with E-state index >= 15 is 0 Å². The van der Waals surface area contributed by atoms with Crippen molar-refractivity contribution in [1.29, 1.82) is 0 Å². The summed E-state index contributed by atoms with van der Waals surface area (Å²) in [5.41, 5.74) is 1.39. The molecule has 8 heteroatoms. The Bertz CT molecular complexity index is 1030. The predicted molar refractivity (Wildman–Crippen MR) is 96.7 cm³/mol. The first-order chi connectivity index (χ1) is 12.2. The molecule has 1 fully saturated rings. The van der Waals surface area contributed by atoms with E-state index in [9.17, 15) is 4.79 Å². The first-order valence-corrected chi connectivity index (χ1v) is 9.35. The molecule has 5 rings (SSSR count). The van der Waals surface area contributed by atoms with E-state index in [2.05, 4.69) is 15.3 Å². The SMILES string of the molecule is O=c1ncccn1-c1nc(C2(C3CC3)CNc3nccc(Cl)c32)cs1. The number of hydrogen-bond donors (Lipinski definition) is 1. The van der Waals surface area contributed by atoms with E-state index in [-0.39, 0.29) is 11.1 Å². The normalized spacial score (nSPS) is 21.8. The van der Waals surface area contributed by atoms with Crippen LogP contribution in [0.15, 0.2) is 40.9 Å². The number of fused-ring (bicyclic) bond motifs is 1. The summed E-state index contributed by atoms with van der Waals surface area (Å²) < 4.78 is 1.48. The Morgan fingerprint density at radius 2 is 2.20 bits per heavy atom. The van der Waals surface area contributed by atoms with Gasteiger partial charge in [-0.3, -0.25) is 0 Å². The second-order valence-electron chi connectivity index (χ2n) is 6.40. The minimum atomic E-state index is -0.325. The Morgan fingerprint density at radius 3 is 3.00 bits per heavy atom. The fraction of sp³-hybridized carbons (Fsp3) is 0.294. The molecule has 1 atom stereocenters. The van der Waals surface area contributed by atoms with Gasteiger partial charge in [-0.15, -0.1) is 11.3 Å². The molecule has 0 saturated heterocycles. The molecule has 3 aromatic heterocycles. The van der Waals surface area contributed by atoms with E-state index in [1.54, 1.807) is 18.5 Å². The highest BCUT2D eigenvalue weighted by Gasteiger charge is 2.54. The topological polar surface area (TPSA) is 72.7 Å². The molecule has 126 valence electrons. The number of aromatic nitrogens is 4. The van der Waals surface area contributed by atoms with Crippen LogP contribution in [-0.2, 0) is 5.41 Å². The number of hydrogen-bond acceptors (Lipinski definition) is 6. The number of thiazole rings is 1. The molecule has 1 aliphatic heterocycles. The smallest absolute Gasteiger partial charge is 0.353 e. The highest BCUT2D eigenvalue weighted by Crippen LogP contribution is 2.57. The zero-order valence-corrected chi connectivity index (χ0v) is 14.7. The van der Waals surface area contributed by atoms with Crippen molar-refractivity contribution in [3.05, 3.63) is 62.9 Å². The van der Waals surface area contributed by atoms with Crippen LogP contribution in [0.25, 0.3) is 5.13 Å². The zero-order chi connectivity index (χ0) is 17.0. The van der Waals surface area contributed by atoms with Crippen molar-refractivity contribution in [2.45, 2.75) is 18.3 Å². The summed E-state index contributed by atoms with van der Waals surface area (Å²) in [5.74, 6) is 1.33. The summed E-state index contributed by atoms with van der Waals surface area (Å²) in [6.45, 7) is 0.731. The summed E-state index contributed by atoms with van der Waals surface area (Å²) in [5, 5.41) is 6.78. The Labute approximate surface area is 152 Å². The molecule has 0 amide bonds. The van der Waals surface area contributed by atoms with Gasteiger partial charge in [-0.05, 0) is 30.9 Å². The maximum absolute atomic E-state index is 12.0. The van der Waals surface area contributed by atoms with E-state index in [0.29, 0.717) is 11.0 Å². The summed E-state index contributed by atoms with van der Waals surface area (Å²) in [6.07, 6.45) is 7.19. The number of anilines is 1. The minimum Gasteiger partial charge on any atom is -0.368 e. The molecule has 0 aromatic carbocycles. The maximum Gasteiger partial charge on any atom is 0.353 e. The van der Waals surface area contributed by atoms with Crippen molar-refractivity contribution < 1.29 is 0 Å². The lowest BCUT2D eigenvalue weighted by atomic mass is 9.76. The van der Waals surface area contributed by atoms with E-state index in [1.807, 2.05) is 11.4 Å². The first-order valence-electron chi connectivity index (χ1n) is 8.09. The van der Waals surface area contributed by atoms with E-state index in [4.69, 9.17) is 16.6 Å². The lowest BCUT2D eigenvalue weighted by molar-refractivity contribution is 0.480. The largest absolute Gasteiger partial charge is 0.368 e. The van der Waals surface area contributed by atoms with Crippen molar-refractivity contribution in [3.63, 3.8) is 0 Å². The molecule has 25 heavy (non-hydrogen) atoms. The highest BCUT2D eigenvalue weighted by atomic mass is 35.5. The van der Waals surface area contributed by atoms with Crippen LogP contribution in [0.5, 0.6) is 0 Å². The molecule has 0 spiro atoms. The Balaban J connectivity index is 1.68. The Morgan fingerprint density at radius 1 is 1.32 bits per heavy atom. The van der Waals surface area contributed by atoms with Gasteiger partial charge in [0.15, 0.2) is 5.13 Å². The van der Waals surface area contributed by atoms with Gasteiger partial charge >= 0.3 is 5.69 Å². The Hall–Kier alpha value is -2.25. The highest BCUT2D eigenvalue weighted by molar-refractivity contribution is 7.12. The van der Waals surface area contributed by atoms with E-state index in [1.165, 1.54) is 22.1 Å². The minimum absolute atomic E-state index is 0.277. The molecule has 4 heterocycles. The van der Waals surface area contributed by atoms with Gasteiger partial charge in [0, 0.05) is 36.1 Å². The average molecular weight is 372 g/mol. The van der Waals surface area contributed by atoms with Gasteiger partial charge < -0.3 is 5.32 Å². The molecule has 0 bridgehead atoms. The molecule has 1 aliphatic carbocycles. The summed E-state index contributed by atoms with van der Waals surface area (Å²) >= 11 is 8.00. The van der Waals surface area contributed by atoms with Crippen molar-refractivity contribution >= 4 is 28.8 Å². The van der Waals surface area contributed by atoms with Gasteiger partial charge in [0.25, 0.3) is 0 Å². The fourth-order valence-electron chi connectivity index (χ4n) is 3.74. The zero-order valence-electron chi connectivity index (χ0n) is 13.1. The van der Waals surface area contributed by atoms with Crippen molar-refractivity contribution in [2.75, 3.05) is 11.9 Å². The van der Waals surface area contributed by atoms with E-state index < -0.39 is 0 Å². The summed E-state index contributed by atoms with van der Waals surface area (Å²) in [6, 6.07) is 3.57. The monoisotopic (exact) mass is 371 g/mol. The summed E-state index contributed by atoms with van der Waals surface area (Å²) in [4.78, 5) is 25.1. The quantitative estimate of drug-likeness (QED) is 0.766. The first kappa shape index (κ1) is 15.0. The van der Waals surface area contributed by atoms with Gasteiger partial charge in [0.2, 0.25) is 0 Å². The van der Waals surface area contributed by atoms with Crippen LogP contribution in [0.2, 0.25) is 5.02 Å². The molecular weight excluding hydrogens is 358 g/mol. The number of nitrogens with zero attached hydrogens (tertiary/aromatic N) is 4. The average Bonchev–Trinajstić information content (AvgIpc) is 3.21. The van der Waals surface area contributed by atoms with Crippen molar-refractivity contribution in [2.24, 2.45) is 5.92 Å². The molecule has 0 radical (unpaired) electrons. The molecule has 1 N–H and O–H groups in total. The number of nitrogens with one attached hydrogen (secondary N) is 1. The number of pyridine rings is 1. The van der Waals surface area contributed by atoms with Crippen LogP contribution in [0.3, 0.4) is 0 Å². The maximum atomic E-state index is 12.0. The third-order valence-corrected chi connectivity index (χ3v) is 6.18. The van der Waals surface area contributed by atoms with Gasteiger partial charge in [-0.25, -0.2) is 24.3 Å². The Kier molecular flexibility index (Phi) is 3.23. The van der Waals surface area contributed by atoms with Gasteiger partial charge in [0.05, 0.1) is 16.1 Å². The van der Waals surface area contributed by atoms with Crippen molar-refractivity contribution in [1.82, 2.24) is 19.5 Å².